The second-order valence-electron chi connectivity index (χ2n) is 3.71. The largest absolute Gasteiger partial charge is 0.409 e. The molecule has 0 radical (unpaired) electrons. The number of amidine groups is 1. The second kappa shape index (κ2) is 6.62. The Labute approximate surface area is 85.3 Å². The van der Waals surface area contributed by atoms with Gasteiger partial charge in [-0.3, -0.25) is 0 Å². The third-order valence-corrected chi connectivity index (χ3v) is 1.77. The number of ether oxygens (including phenoxy) is 1. The maximum Gasteiger partial charge on any atom is 0.140 e. The predicted octanol–water partition coefficient (Wildman–Crippen LogP) is 0.528. The number of hydrogen-bond acceptors (Lipinski definition) is 4. The van der Waals surface area contributed by atoms with Crippen LogP contribution in [0.1, 0.15) is 27.2 Å². The number of hydrogen-bond donors (Lipinski definition) is 3. The lowest BCUT2D eigenvalue weighted by Crippen LogP contribution is -2.38. The fourth-order valence-corrected chi connectivity index (χ4v) is 1.10. The van der Waals surface area contributed by atoms with Gasteiger partial charge in [-0.1, -0.05) is 5.16 Å². The molecule has 0 aliphatic rings. The molecule has 14 heavy (non-hydrogen) atoms. The van der Waals surface area contributed by atoms with Gasteiger partial charge >= 0.3 is 0 Å². The Hall–Kier alpha value is -0.810. The van der Waals surface area contributed by atoms with Gasteiger partial charge in [0.25, 0.3) is 0 Å². The molecule has 0 heterocycles. The van der Waals surface area contributed by atoms with Crippen molar-refractivity contribution >= 4 is 5.84 Å². The van der Waals surface area contributed by atoms with Gasteiger partial charge in [0.2, 0.25) is 0 Å². The molecule has 0 aromatic heterocycles. The molecule has 0 aliphatic carbocycles. The minimum Gasteiger partial charge on any atom is -0.409 e. The Balaban J connectivity index is 3.53. The van der Waals surface area contributed by atoms with Crippen LogP contribution in [-0.2, 0) is 4.74 Å². The van der Waals surface area contributed by atoms with Crippen LogP contribution in [0, 0.1) is 0 Å². The molecule has 0 rings (SSSR count). The minimum absolute atomic E-state index is 0.167. The Bertz CT molecular complexity index is 181. The molecule has 0 unspecified atom stereocenters. The van der Waals surface area contributed by atoms with Crippen LogP contribution in [0.4, 0.5) is 0 Å². The van der Waals surface area contributed by atoms with Crippen LogP contribution in [0.2, 0.25) is 0 Å². The van der Waals surface area contributed by atoms with Crippen LogP contribution in [-0.4, -0.2) is 36.3 Å². The SMILES string of the molecule is CCOC(C)(C)CNCCC(N)=NO. The first kappa shape index (κ1) is 13.2. The first-order chi connectivity index (χ1) is 6.52. The summed E-state index contributed by atoms with van der Waals surface area (Å²) in [6, 6.07) is 0. The van der Waals surface area contributed by atoms with Crippen molar-refractivity contribution in [3.05, 3.63) is 0 Å². The van der Waals surface area contributed by atoms with Crippen molar-refractivity contribution in [1.82, 2.24) is 5.32 Å². The molecule has 0 bridgehead atoms. The van der Waals surface area contributed by atoms with Gasteiger partial charge in [0, 0.05) is 26.1 Å². The Morgan fingerprint density at radius 1 is 1.57 bits per heavy atom. The van der Waals surface area contributed by atoms with E-state index in [0.29, 0.717) is 19.6 Å². The van der Waals surface area contributed by atoms with Crippen LogP contribution in [0.5, 0.6) is 0 Å². The molecule has 0 atom stereocenters. The van der Waals surface area contributed by atoms with Gasteiger partial charge < -0.3 is 21.0 Å². The highest BCUT2D eigenvalue weighted by atomic mass is 16.5. The fraction of sp³-hybridized carbons (Fsp3) is 0.889. The molecule has 5 heteroatoms. The van der Waals surface area contributed by atoms with Gasteiger partial charge in [-0.25, -0.2) is 0 Å². The first-order valence-electron chi connectivity index (χ1n) is 4.83. The van der Waals surface area contributed by atoms with Gasteiger partial charge in [0.15, 0.2) is 0 Å². The summed E-state index contributed by atoms with van der Waals surface area (Å²) in [4.78, 5) is 0. The van der Waals surface area contributed by atoms with E-state index in [-0.39, 0.29) is 11.4 Å². The smallest absolute Gasteiger partial charge is 0.140 e. The topological polar surface area (TPSA) is 79.9 Å². The summed E-state index contributed by atoms with van der Waals surface area (Å²) < 4.78 is 5.49. The highest BCUT2D eigenvalue weighted by molar-refractivity contribution is 5.79. The summed E-state index contributed by atoms with van der Waals surface area (Å²) in [5.41, 5.74) is 5.14. The highest BCUT2D eigenvalue weighted by Crippen LogP contribution is 2.06. The molecule has 84 valence electrons. The molecule has 0 saturated carbocycles. The van der Waals surface area contributed by atoms with Crippen LogP contribution in [0.3, 0.4) is 0 Å². The summed E-state index contributed by atoms with van der Waals surface area (Å²) in [6.45, 7) is 8.15. The fourth-order valence-electron chi connectivity index (χ4n) is 1.10. The van der Waals surface area contributed by atoms with Crippen molar-refractivity contribution in [3.63, 3.8) is 0 Å². The monoisotopic (exact) mass is 203 g/mol. The summed E-state index contributed by atoms with van der Waals surface area (Å²) >= 11 is 0. The van der Waals surface area contributed by atoms with E-state index in [1.54, 1.807) is 0 Å². The van der Waals surface area contributed by atoms with Crippen LogP contribution in [0.15, 0.2) is 5.16 Å². The van der Waals surface area contributed by atoms with E-state index in [0.717, 1.165) is 6.54 Å². The predicted molar refractivity (Wildman–Crippen MR) is 56.6 cm³/mol. The van der Waals surface area contributed by atoms with E-state index in [4.69, 9.17) is 15.7 Å². The number of rotatable bonds is 7. The molecule has 0 fully saturated rings. The van der Waals surface area contributed by atoms with E-state index < -0.39 is 0 Å². The molecular weight excluding hydrogens is 182 g/mol. The van der Waals surface area contributed by atoms with Crippen molar-refractivity contribution in [3.8, 4) is 0 Å². The lowest BCUT2D eigenvalue weighted by Gasteiger charge is -2.24. The molecule has 4 N–H and O–H groups in total. The average molecular weight is 203 g/mol. The van der Waals surface area contributed by atoms with Crippen molar-refractivity contribution in [2.45, 2.75) is 32.8 Å². The Morgan fingerprint density at radius 2 is 2.21 bits per heavy atom. The second-order valence-corrected chi connectivity index (χ2v) is 3.71. The van der Waals surface area contributed by atoms with Crippen molar-refractivity contribution in [2.24, 2.45) is 10.9 Å². The molecule has 0 aromatic rings. The van der Waals surface area contributed by atoms with E-state index in [1.165, 1.54) is 0 Å². The third kappa shape index (κ3) is 6.68. The number of nitrogens with zero attached hydrogens (tertiary/aromatic N) is 1. The van der Waals surface area contributed by atoms with Gasteiger partial charge in [-0.15, -0.1) is 0 Å². The third-order valence-electron chi connectivity index (χ3n) is 1.77. The summed E-state index contributed by atoms with van der Waals surface area (Å²) in [6.07, 6.45) is 0.540. The lowest BCUT2D eigenvalue weighted by molar-refractivity contribution is -0.00851. The van der Waals surface area contributed by atoms with Crippen molar-refractivity contribution < 1.29 is 9.94 Å². The maximum atomic E-state index is 8.29. The molecule has 0 aliphatic heterocycles. The summed E-state index contributed by atoms with van der Waals surface area (Å²) in [5.74, 6) is 0.242. The zero-order chi connectivity index (χ0) is 11.0. The van der Waals surface area contributed by atoms with Crippen LogP contribution in [0.25, 0.3) is 0 Å². The molecule has 0 spiro atoms. The van der Waals surface area contributed by atoms with E-state index in [9.17, 15) is 0 Å². The molecule has 0 aromatic carbocycles. The number of nitrogens with two attached hydrogens (primary N) is 1. The van der Waals surface area contributed by atoms with Crippen LogP contribution >= 0.6 is 0 Å². The molecular formula is C9H21N3O2. The molecule has 0 amide bonds. The lowest BCUT2D eigenvalue weighted by atomic mass is 10.1. The maximum absolute atomic E-state index is 8.29. The Morgan fingerprint density at radius 3 is 2.71 bits per heavy atom. The summed E-state index contributed by atoms with van der Waals surface area (Å²) in [7, 11) is 0. The van der Waals surface area contributed by atoms with Crippen LogP contribution < -0.4 is 11.1 Å². The van der Waals surface area contributed by atoms with Crippen molar-refractivity contribution in [1.29, 1.82) is 0 Å². The Kier molecular flexibility index (Phi) is 6.23. The molecule has 5 nitrogen and oxygen atoms in total. The van der Waals surface area contributed by atoms with Gasteiger partial charge in [-0.05, 0) is 20.8 Å². The molecule has 0 saturated heterocycles. The normalized spacial score (nSPS) is 13.2. The zero-order valence-corrected chi connectivity index (χ0v) is 9.21. The van der Waals surface area contributed by atoms with E-state index in [2.05, 4.69) is 10.5 Å². The van der Waals surface area contributed by atoms with Gasteiger partial charge in [-0.2, -0.15) is 0 Å². The van der Waals surface area contributed by atoms with Gasteiger partial charge in [0.05, 0.1) is 5.60 Å². The summed E-state index contributed by atoms with van der Waals surface area (Å²) in [5, 5.41) is 14.3. The quantitative estimate of drug-likeness (QED) is 0.185. The van der Waals surface area contributed by atoms with E-state index in [1.807, 2.05) is 20.8 Å². The van der Waals surface area contributed by atoms with Crippen molar-refractivity contribution in [2.75, 3.05) is 19.7 Å². The standard InChI is InChI=1S/C9H21N3O2/c1-4-14-9(2,3)7-11-6-5-8(10)12-13/h11,13H,4-7H2,1-3H3,(H2,10,12). The minimum atomic E-state index is -0.167. The number of oxime groups is 1. The highest BCUT2D eigenvalue weighted by Gasteiger charge is 2.16. The number of nitrogens with one attached hydrogen (secondary N) is 1. The zero-order valence-electron chi connectivity index (χ0n) is 9.21. The van der Waals surface area contributed by atoms with E-state index >= 15 is 0 Å². The average Bonchev–Trinajstić information content (AvgIpc) is 2.12. The first-order valence-corrected chi connectivity index (χ1v) is 4.83. The van der Waals surface area contributed by atoms with Gasteiger partial charge in [0.1, 0.15) is 5.84 Å².